The van der Waals surface area contributed by atoms with Crippen molar-refractivity contribution >= 4 is 16.8 Å². The molecule has 1 atom stereocenters. The molecule has 0 radical (unpaired) electrons. The Hall–Kier alpha value is -4.31. The van der Waals surface area contributed by atoms with E-state index >= 15 is 0 Å². The van der Waals surface area contributed by atoms with Crippen molar-refractivity contribution in [3.05, 3.63) is 138 Å². The Labute approximate surface area is 199 Å². The lowest BCUT2D eigenvalue weighted by Gasteiger charge is -2.20. The van der Waals surface area contributed by atoms with Gasteiger partial charge in [-0.15, -0.1) is 0 Å². The Morgan fingerprint density at radius 1 is 0.824 bits per heavy atom. The van der Waals surface area contributed by atoms with Gasteiger partial charge in [-0.2, -0.15) is 0 Å². The monoisotopic (exact) mass is 446 g/mol. The van der Waals surface area contributed by atoms with Crippen molar-refractivity contribution in [2.24, 2.45) is 0 Å². The fourth-order valence-electron chi connectivity index (χ4n) is 4.36. The van der Waals surface area contributed by atoms with Gasteiger partial charge in [-0.25, -0.2) is 0 Å². The van der Waals surface area contributed by atoms with E-state index in [1.165, 1.54) is 5.56 Å². The Morgan fingerprint density at radius 2 is 1.47 bits per heavy atom. The topological polar surface area (TPSA) is 43.3 Å². The summed E-state index contributed by atoms with van der Waals surface area (Å²) in [5.41, 5.74) is 5.04. The van der Waals surface area contributed by atoms with Crippen LogP contribution in [0.3, 0.4) is 0 Å². The van der Waals surface area contributed by atoms with Crippen LogP contribution in [0.1, 0.15) is 33.1 Å². The van der Waals surface area contributed by atoms with Gasteiger partial charge in [-0.3, -0.25) is 4.79 Å². The molecule has 5 aromatic rings. The van der Waals surface area contributed by atoms with Crippen LogP contribution in [0.4, 0.5) is 0 Å². The first-order valence-corrected chi connectivity index (χ1v) is 11.3. The second kappa shape index (κ2) is 9.67. The van der Waals surface area contributed by atoms with Crippen molar-refractivity contribution in [1.29, 1.82) is 0 Å². The molecule has 168 valence electrons. The second-order valence-corrected chi connectivity index (χ2v) is 8.26. The summed E-state index contributed by atoms with van der Waals surface area (Å²) >= 11 is 0. The molecule has 0 aliphatic carbocycles. The van der Waals surface area contributed by atoms with E-state index in [2.05, 4.69) is 58.5 Å². The molecule has 1 aromatic heterocycles. The lowest BCUT2D eigenvalue weighted by molar-refractivity contribution is 0.0943. The van der Waals surface area contributed by atoms with Gasteiger partial charge in [0.05, 0.1) is 13.2 Å². The molecule has 5 rings (SSSR count). The number of carbonyl (C=O) groups excluding carboxylic acids is 1. The van der Waals surface area contributed by atoms with E-state index in [0.29, 0.717) is 5.56 Å². The van der Waals surface area contributed by atoms with Crippen molar-refractivity contribution in [1.82, 2.24) is 9.88 Å². The molecule has 0 unspecified atom stereocenters. The van der Waals surface area contributed by atoms with E-state index in [9.17, 15) is 4.79 Å². The number of aromatic nitrogens is 1. The molecule has 1 amide bonds. The van der Waals surface area contributed by atoms with Crippen LogP contribution in [0.15, 0.2) is 115 Å². The third-order valence-corrected chi connectivity index (χ3v) is 6.09. The van der Waals surface area contributed by atoms with Gasteiger partial charge in [0.15, 0.2) is 0 Å². The number of benzene rings is 4. The summed E-state index contributed by atoms with van der Waals surface area (Å²) in [4.78, 5) is 13.2. The summed E-state index contributed by atoms with van der Waals surface area (Å²) in [5, 5.41) is 4.40. The number of nitrogens with zero attached hydrogens (tertiary/aromatic N) is 1. The van der Waals surface area contributed by atoms with Crippen molar-refractivity contribution in [3.63, 3.8) is 0 Å². The fourth-order valence-corrected chi connectivity index (χ4v) is 4.36. The number of hydrogen-bond donors (Lipinski definition) is 1. The zero-order valence-corrected chi connectivity index (χ0v) is 19.0. The molecule has 0 aliphatic rings. The minimum atomic E-state index is -0.319. The van der Waals surface area contributed by atoms with Gasteiger partial charge in [0.1, 0.15) is 5.75 Å². The van der Waals surface area contributed by atoms with Crippen molar-refractivity contribution < 1.29 is 9.53 Å². The molecule has 0 spiro atoms. The van der Waals surface area contributed by atoms with E-state index in [0.717, 1.165) is 34.3 Å². The summed E-state index contributed by atoms with van der Waals surface area (Å²) in [5.74, 6) is 0.671. The first-order valence-electron chi connectivity index (χ1n) is 11.3. The van der Waals surface area contributed by atoms with Gasteiger partial charge in [0, 0.05) is 34.8 Å². The Bertz CT molecular complexity index is 1390. The number of nitrogens with one attached hydrogen (secondary N) is 1. The van der Waals surface area contributed by atoms with Crippen LogP contribution in [0.25, 0.3) is 10.9 Å². The van der Waals surface area contributed by atoms with Gasteiger partial charge < -0.3 is 14.6 Å². The fraction of sp³-hybridized carbons (Fsp3) is 0.100. The molecule has 4 heteroatoms. The quantitative estimate of drug-likeness (QED) is 0.323. The zero-order chi connectivity index (χ0) is 23.3. The van der Waals surface area contributed by atoms with Crippen molar-refractivity contribution in [3.8, 4) is 5.75 Å². The minimum absolute atomic E-state index is 0.110. The Balaban J connectivity index is 1.60. The number of fused-ring (bicyclic) bond motifs is 1. The van der Waals surface area contributed by atoms with Gasteiger partial charge in [-0.1, -0.05) is 78.9 Å². The van der Waals surface area contributed by atoms with Gasteiger partial charge in [-0.05, 0) is 41.5 Å². The maximum absolute atomic E-state index is 13.2. The van der Waals surface area contributed by atoms with Gasteiger partial charge in [0.2, 0.25) is 0 Å². The summed E-state index contributed by atoms with van der Waals surface area (Å²) < 4.78 is 7.61. The standard InChI is InChI=1S/C30H26N2O2/c1-34-25-18-16-23(17-19-25)29(31-30(33)24-12-6-3-7-13-24)27-21-32(20-22-10-4-2-5-11-22)28-15-9-8-14-26(27)28/h2-19,21,29H,20H2,1H3,(H,31,33)/t29-/m1/s1. The molecule has 0 saturated heterocycles. The van der Waals surface area contributed by atoms with E-state index in [-0.39, 0.29) is 11.9 Å². The average Bonchev–Trinajstić information content (AvgIpc) is 3.26. The molecular formula is C30H26N2O2. The lowest BCUT2D eigenvalue weighted by Crippen LogP contribution is -2.29. The van der Waals surface area contributed by atoms with Crippen LogP contribution < -0.4 is 10.1 Å². The third-order valence-electron chi connectivity index (χ3n) is 6.09. The summed E-state index contributed by atoms with van der Waals surface area (Å²) in [7, 11) is 1.65. The second-order valence-electron chi connectivity index (χ2n) is 8.26. The number of carbonyl (C=O) groups is 1. The van der Waals surface area contributed by atoms with Crippen LogP contribution >= 0.6 is 0 Å². The van der Waals surface area contributed by atoms with Crippen molar-refractivity contribution in [2.75, 3.05) is 7.11 Å². The smallest absolute Gasteiger partial charge is 0.252 e. The number of para-hydroxylation sites is 1. The van der Waals surface area contributed by atoms with E-state index in [1.54, 1.807) is 7.11 Å². The molecule has 4 nitrogen and oxygen atoms in total. The first-order chi connectivity index (χ1) is 16.7. The lowest BCUT2D eigenvalue weighted by atomic mass is 9.97. The molecule has 4 aromatic carbocycles. The number of rotatable bonds is 7. The van der Waals surface area contributed by atoms with Crippen LogP contribution in [-0.4, -0.2) is 17.6 Å². The van der Waals surface area contributed by atoms with E-state index in [4.69, 9.17) is 4.74 Å². The molecular weight excluding hydrogens is 420 g/mol. The number of amides is 1. The maximum atomic E-state index is 13.2. The Kier molecular flexibility index (Phi) is 6.13. The molecule has 0 aliphatic heterocycles. The van der Waals surface area contributed by atoms with Crippen LogP contribution in [0.5, 0.6) is 5.75 Å². The molecule has 1 N–H and O–H groups in total. The molecule has 1 heterocycles. The third kappa shape index (κ3) is 4.44. The van der Waals surface area contributed by atoms with E-state index in [1.807, 2.05) is 66.7 Å². The number of ether oxygens (including phenoxy) is 1. The first kappa shape index (κ1) is 21.5. The Morgan fingerprint density at radius 3 is 2.18 bits per heavy atom. The molecule has 0 bridgehead atoms. The maximum Gasteiger partial charge on any atom is 0.252 e. The molecule has 0 saturated carbocycles. The normalized spacial score (nSPS) is 11.8. The van der Waals surface area contributed by atoms with Crippen LogP contribution in [-0.2, 0) is 6.54 Å². The highest BCUT2D eigenvalue weighted by Gasteiger charge is 2.22. The van der Waals surface area contributed by atoms with Gasteiger partial charge in [0.25, 0.3) is 5.91 Å². The van der Waals surface area contributed by atoms with Crippen LogP contribution in [0.2, 0.25) is 0 Å². The highest BCUT2D eigenvalue weighted by molar-refractivity contribution is 5.95. The van der Waals surface area contributed by atoms with Crippen LogP contribution in [0, 0.1) is 0 Å². The number of methoxy groups -OCH3 is 1. The largest absolute Gasteiger partial charge is 0.497 e. The summed E-state index contributed by atoms with van der Waals surface area (Å²) in [6.45, 7) is 0.753. The predicted molar refractivity (Wildman–Crippen MR) is 136 cm³/mol. The summed E-state index contributed by atoms with van der Waals surface area (Å²) in [6, 6.07) is 35.7. The minimum Gasteiger partial charge on any atom is -0.497 e. The predicted octanol–water partition coefficient (Wildman–Crippen LogP) is 6.22. The highest BCUT2D eigenvalue weighted by atomic mass is 16.5. The molecule has 34 heavy (non-hydrogen) atoms. The zero-order valence-electron chi connectivity index (χ0n) is 19.0. The van der Waals surface area contributed by atoms with E-state index < -0.39 is 0 Å². The van der Waals surface area contributed by atoms with Crippen molar-refractivity contribution in [2.45, 2.75) is 12.6 Å². The highest BCUT2D eigenvalue weighted by Crippen LogP contribution is 2.32. The average molecular weight is 447 g/mol. The number of hydrogen-bond acceptors (Lipinski definition) is 2. The molecule has 0 fully saturated rings. The summed E-state index contributed by atoms with van der Waals surface area (Å²) in [6.07, 6.45) is 2.16. The SMILES string of the molecule is COc1ccc([C@@H](NC(=O)c2ccccc2)c2cn(Cc3ccccc3)c3ccccc23)cc1. The van der Waals surface area contributed by atoms with Gasteiger partial charge >= 0.3 is 0 Å².